The fourth-order valence-corrected chi connectivity index (χ4v) is 3.87. The molecule has 0 unspecified atom stereocenters. The van der Waals surface area contributed by atoms with E-state index in [0.29, 0.717) is 13.2 Å². The highest BCUT2D eigenvalue weighted by molar-refractivity contribution is 5.86. The predicted molar refractivity (Wildman–Crippen MR) is 107 cm³/mol. The van der Waals surface area contributed by atoms with Crippen molar-refractivity contribution in [2.24, 2.45) is 4.99 Å². The molecular formula is C21H18N6O. The fourth-order valence-electron chi connectivity index (χ4n) is 3.87. The third-order valence-electron chi connectivity index (χ3n) is 5.28. The van der Waals surface area contributed by atoms with Crippen molar-refractivity contribution >= 4 is 23.4 Å². The second-order valence-corrected chi connectivity index (χ2v) is 7.11. The molecule has 0 amide bonds. The van der Waals surface area contributed by atoms with Gasteiger partial charge in [0, 0.05) is 36.4 Å². The van der Waals surface area contributed by atoms with E-state index in [1.165, 1.54) is 16.7 Å². The molecule has 0 spiro atoms. The summed E-state index contributed by atoms with van der Waals surface area (Å²) in [7, 11) is 0. The van der Waals surface area contributed by atoms with Crippen molar-refractivity contribution in [3.05, 3.63) is 65.7 Å². The number of fused-ring (bicyclic) bond motifs is 3. The van der Waals surface area contributed by atoms with E-state index >= 15 is 0 Å². The molecule has 1 aromatic carbocycles. The van der Waals surface area contributed by atoms with Crippen LogP contribution in [0.3, 0.4) is 0 Å². The number of aliphatic imine (C=N–C) groups is 1. The summed E-state index contributed by atoms with van der Waals surface area (Å²) in [4.78, 5) is 8.87. The van der Waals surface area contributed by atoms with Crippen LogP contribution < -0.4 is 5.32 Å². The van der Waals surface area contributed by atoms with Gasteiger partial charge in [-0.3, -0.25) is 9.67 Å². The Bertz CT molecular complexity index is 1210. The highest BCUT2D eigenvalue weighted by atomic mass is 16.5. The Morgan fingerprint density at radius 3 is 3.07 bits per heavy atom. The topological polar surface area (TPSA) is 68.7 Å². The number of ether oxygens (including phenoxy) is 1. The molecule has 7 nitrogen and oxygen atoms in total. The van der Waals surface area contributed by atoms with Gasteiger partial charge in [0.2, 0.25) is 0 Å². The third-order valence-corrected chi connectivity index (χ3v) is 5.28. The molecule has 4 aromatic rings. The Morgan fingerprint density at radius 2 is 2.11 bits per heavy atom. The van der Waals surface area contributed by atoms with Gasteiger partial charge >= 0.3 is 0 Å². The average Bonchev–Trinajstić information content (AvgIpc) is 3.45. The van der Waals surface area contributed by atoms with Gasteiger partial charge in [-0.2, -0.15) is 5.10 Å². The highest BCUT2D eigenvalue weighted by Crippen LogP contribution is 2.30. The lowest BCUT2D eigenvalue weighted by Crippen LogP contribution is -2.16. The van der Waals surface area contributed by atoms with Crippen LogP contribution in [-0.2, 0) is 24.4 Å². The van der Waals surface area contributed by atoms with Crippen LogP contribution in [0.2, 0.25) is 0 Å². The minimum absolute atomic E-state index is 0.602. The van der Waals surface area contributed by atoms with E-state index in [4.69, 9.17) is 4.74 Å². The number of anilines is 2. The number of nitrogens with one attached hydrogen (secondary N) is 1. The molecule has 5 heterocycles. The molecule has 0 atom stereocenters. The fraction of sp³-hybridized carbons (Fsp3) is 0.190. The smallest absolute Gasteiger partial charge is 0.160 e. The second kappa shape index (κ2) is 6.03. The van der Waals surface area contributed by atoms with Crippen LogP contribution in [0.25, 0.3) is 16.8 Å². The summed E-state index contributed by atoms with van der Waals surface area (Å²) in [5.74, 6) is 0.810. The molecule has 3 aromatic heterocycles. The monoisotopic (exact) mass is 370 g/mol. The van der Waals surface area contributed by atoms with Crippen LogP contribution in [-0.4, -0.2) is 32.0 Å². The van der Waals surface area contributed by atoms with Crippen LogP contribution in [0.4, 0.5) is 11.5 Å². The van der Waals surface area contributed by atoms with Gasteiger partial charge in [-0.1, -0.05) is 12.1 Å². The van der Waals surface area contributed by atoms with Crippen molar-refractivity contribution in [2.45, 2.75) is 19.7 Å². The molecule has 28 heavy (non-hydrogen) atoms. The number of imidazole rings is 1. The van der Waals surface area contributed by atoms with Crippen LogP contribution >= 0.6 is 0 Å². The molecule has 0 bridgehead atoms. The van der Waals surface area contributed by atoms with Crippen molar-refractivity contribution in [3.8, 4) is 11.1 Å². The number of aromatic nitrogens is 4. The molecule has 0 saturated heterocycles. The first-order valence-corrected chi connectivity index (χ1v) is 9.35. The number of pyridine rings is 1. The summed E-state index contributed by atoms with van der Waals surface area (Å²) >= 11 is 0. The van der Waals surface area contributed by atoms with Crippen molar-refractivity contribution < 1.29 is 4.74 Å². The third kappa shape index (κ3) is 2.51. The normalized spacial score (nSPS) is 15.0. The van der Waals surface area contributed by atoms with Gasteiger partial charge < -0.3 is 14.5 Å². The standard InChI is InChI=1S/C21H18N6O/c1-2-15-10-22-11-16(15)7-14(1)17-8-19(21-23-3-4-26(21)12-17)24-20-9-18-13-28-6-5-27(18)25-20/h1-4,7-10,12H,5-6,11,13H2,(H,24,25). The number of hydrogen-bond acceptors (Lipinski definition) is 5. The summed E-state index contributed by atoms with van der Waals surface area (Å²) in [6, 6.07) is 10.7. The number of hydrogen-bond donors (Lipinski definition) is 1. The largest absolute Gasteiger partial charge is 0.373 e. The van der Waals surface area contributed by atoms with E-state index in [-0.39, 0.29) is 0 Å². The average molecular weight is 370 g/mol. The van der Waals surface area contributed by atoms with Gasteiger partial charge in [-0.15, -0.1) is 0 Å². The molecular weight excluding hydrogens is 352 g/mol. The maximum atomic E-state index is 5.52. The summed E-state index contributed by atoms with van der Waals surface area (Å²) in [6.07, 6.45) is 7.83. The molecule has 6 rings (SSSR count). The first-order valence-electron chi connectivity index (χ1n) is 9.35. The molecule has 7 heteroatoms. The van der Waals surface area contributed by atoms with Crippen LogP contribution in [0.15, 0.2) is 53.9 Å². The molecule has 138 valence electrons. The van der Waals surface area contributed by atoms with Gasteiger partial charge in [0.1, 0.15) is 0 Å². The Morgan fingerprint density at radius 1 is 1.11 bits per heavy atom. The first kappa shape index (κ1) is 15.6. The maximum Gasteiger partial charge on any atom is 0.160 e. The molecule has 2 aliphatic heterocycles. The Labute approximate surface area is 161 Å². The van der Waals surface area contributed by atoms with E-state index < -0.39 is 0 Å². The SMILES string of the molecule is C1=NCc2cc(-c3cc(Nc4cc5n(n4)CCOC5)c4nccn4c3)ccc21. The minimum atomic E-state index is 0.602. The van der Waals surface area contributed by atoms with Gasteiger partial charge in [-0.05, 0) is 28.8 Å². The van der Waals surface area contributed by atoms with E-state index in [2.05, 4.69) is 50.9 Å². The van der Waals surface area contributed by atoms with Crippen LogP contribution in [0.5, 0.6) is 0 Å². The number of nitrogens with zero attached hydrogens (tertiary/aromatic N) is 5. The lowest BCUT2D eigenvalue weighted by molar-refractivity contribution is 0.0801. The first-order chi connectivity index (χ1) is 13.8. The van der Waals surface area contributed by atoms with Gasteiger partial charge in [0.05, 0.1) is 37.7 Å². The summed E-state index contributed by atoms with van der Waals surface area (Å²) < 4.78 is 9.56. The number of benzene rings is 1. The van der Waals surface area contributed by atoms with Crippen molar-refractivity contribution in [1.82, 2.24) is 19.2 Å². The lowest BCUT2D eigenvalue weighted by atomic mass is 10.0. The van der Waals surface area contributed by atoms with E-state index in [1.807, 2.05) is 33.8 Å². The zero-order valence-electron chi connectivity index (χ0n) is 15.2. The van der Waals surface area contributed by atoms with Crippen molar-refractivity contribution in [1.29, 1.82) is 0 Å². The second-order valence-electron chi connectivity index (χ2n) is 7.11. The Balaban J connectivity index is 1.42. The zero-order valence-corrected chi connectivity index (χ0v) is 15.2. The molecule has 2 aliphatic rings. The zero-order chi connectivity index (χ0) is 18.5. The minimum Gasteiger partial charge on any atom is -0.373 e. The summed E-state index contributed by atoms with van der Waals surface area (Å²) in [5.41, 5.74) is 7.64. The van der Waals surface area contributed by atoms with Crippen LogP contribution in [0, 0.1) is 0 Å². The van der Waals surface area contributed by atoms with Crippen molar-refractivity contribution in [3.63, 3.8) is 0 Å². The lowest BCUT2D eigenvalue weighted by Gasteiger charge is -2.12. The van der Waals surface area contributed by atoms with E-state index in [0.717, 1.165) is 41.5 Å². The van der Waals surface area contributed by atoms with Gasteiger partial charge in [0.25, 0.3) is 0 Å². The molecule has 1 N–H and O–H groups in total. The molecule has 0 aliphatic carbocycles. The van der Waals surface area contributed by atoms with E-state index in [1.54, 1.807) is 0 Å². The van der Waals surface area contributed by atoms with Gasteiger partial charge in [-0.25, -0.2) is 4.98 Å². The van der Waals surface area contributed by atoms with Gasteiger partial charge in [0.15, 0.2) is 11.5 Å². The Hall–Kier alpha value is -3.45. The van der Waals surface area contributed by atoms with Crippen LogP contribution in [0.1, 0.15) is 16.8 Å². The molecule has 0 radical (unpaired) electrons. The molecule has 0 saturated carbocycles. The van der Waals surface area contributed by atoms with Crippen molar-refractivity contribution in [2.75, 3.05) is 11.9 Å². The van der Waals surface area contributed by atoms with E-state index in [9.17, 15) is 0 Å². The maximum absolute atomic E-state index is 5.52. The molecule has 0 fully saturated rings. The Kier molecular flexibility index (Phi) is 3.36. The highest BCUT2D eigenvalue weighted by Gasteiger charge is 2.15. The number of rotatable bonds is 3. The summed E-state index contributed by atoms with van der Waals surface area (Å²) in [6.45, 7) is 2.85. The summed E-state index contributed by atoms with van der Waals surface area (Å²) in [5, 5.41) is 8.12. The predicted octanol–water partition coefficient (Wildman–Crippen LogP) is 3.40. The quantitative estimate of drug-likeness (QED) is 0.600.